The van der Waals surface area contributed by atoms with Gasteiger partial charge < -0.3 is 0 Å². The van der Waals surface area contributed by atoms with Crippen LogP contribution < -0.4 is 5.30 Å². The van der Waals surface area contributed by atoms with Crippen LogP contribution in [0.5, 0.6) is 0 Å². The molecule has 2 aliphatic rings. The lowest BCUT2D eigenvalue weighted by Crippen LogP contribution is -2.30. The van der Waals surface area contributed by atoms with Gasteiger partial charge >= 0.3 is 0 Å². The molecule has 0 radical (unpaired) electrons. The summed E-state index contributed by atoms with van der Waals surface area (Å²) >= 11 is 6.86. The van der Waals surface area contributed by atoms with E-state index in [1.165, 1.54) is 80.9 Å². The van der Waals surface area contributed by atoms with Gasteiger partial charge in [0.2, 0.25) is 0 Å². The molecule has 2 heteroatoms. The predicted molar refractivity (Wildman–Crippen MR) is 134 cm³/mol. The average Bonchev–Trinajstić information content (AvgIpc) is 2.80. The minimum Gasteiger partial charge on any atom is -0.0920 e. The van der Waals surface area contributed by atoms with Crippen LogP contribution in [0, 0.1) is 0 Å². The molecule has 2 aromatic carbocycles. The number of hydrogen-bond donors (Lipinski definition) is 0. The highest BCUT2D eigenvalue weighted by Crippen LogP contribution is 2.62. The van der Waals surface area contributed by atoms with Gasteiger partial charge in [-0.25, -0.2) is 0 Å². The van der Waals surface area contributed by atoms with Crippen LogP contribution in [-0.2, 0) is 11.8 Å². The highest BCUT2D eigenvalue weighted by atomic mass is 32.4. The molecule has 2 saturated carbocycles. The second kappa shape index (κ2) is 9.76. The quantitative estimate of drug-likeness (QED) is 0.347. The molecular weight excluding hydrogens is 387 g/mol. The summed E-state index contributed by atoms with van der Waals surface area (Å²) in [5.41, 5.74) is 5.60. The van der Waals surface area contributed by atoms with E-state index < -0.39 is 6.04 Å². The fourth-order valence-electron chi connectivity index (χ4n) is 5.61. The molecular formula is C27H35PS. The van der Waals surface area contributed by atoms with Gasteiger partial charge in [-0.15, -0.1) is 0 Å². The number of rotatable bonds is 5. The van der Waals surface area contributed by atoms with Gasteiger partial charge in [-0.1, -0.05) is 111 Å². The first kappa shape index (κ1) is 21.1. The molecule has 0 unspecified atom stereocenters. The Balaban J connectivity index is 1.79. The van der Waals surface area contributed by atoms with Crippen LogP contribution in [-0.4, -0.2) is 11.3 Å². The van der Waals surface area contributed by atoms with Crippen molar-refractivity contribution in [2.75, 3.05) is 0 Å². The Morgan fingerprint density at radius 2 is 1.28 bits per heavy atom. The summed E-state index contributed by atoms with van der Waals surface area (Å²) < 4.78 is 0. The monoisotopic (exact) mass is 422 g/mol. The molecule has 29 heavy (non-hydrogen) atoms. The van der Waals surface area contributed by atoms with Gasteiger partial charge in [0.1, 0.15) is 0 Å². The average molecular weight is 423 g/mol. The van der Waals surface area contributed by atoms with Crippen molar-refractivity contribution in [2.45, 2.75) is 82.4 Å². The first-order valence-corrected chi connectivity index (χ1v) is 14.6. The fraction of sp³-hybridized carbons (Fsp3) is 0.481. The molecule has 0 aliphatic heterocycles. The molecule has 0 aromatic heterocycles. The third-order valence-electron chi connectivity index (χ3n) is 7.12. The smallest absolute Gasteiger partial charge is 0.00623 e. The Morgan fingerprint density at radius 1 is 0.759 bits per heavy atom. The fourth-order valence-corrected chi connectivity index (χ4v) is 11.9. The summed E-state index contributed by atoms with van der Waals surface area (Å²) in [6, 6.07) is 18.3. The SMILES string of the molecule is C/C(=C\c1ccccc1)c1ccccc1P(=S)(C1CCCCC1)C1CCCCC1. The maximum atomic E-state index is 6.86. The topological polar surface area (TPSA) is 0 Å². The molecule has 0 spiro atoms. The minimum absolute atomic E-state index is 0.764. The normalized spacial score (nSPS) is 20.0. The second-order valence-corrected chi connectivity index (χ2v) is 14.2. The number of benzene rings is 2. The standard InChI is InChI=1S/C27H35PS/c1-22(21-23-13-5-2-6-14-23)26-19-11-12-20-27(26)28(29,24-15-7-3-8-16-24)25-17-9-4-10-18-25/h2,5-6,11-14,19-21,24-25H,3-4,7-10,15-18H2,1H3/b22-21+. The Kier molecular flexibility index (Phi) is 7.09. The molecule has 4 rings (SSSR count). The van der Waals surface area contributed by atoms with E-state index in [2.05, 4.69) is 67.6 Å². The van der Waals surface area contributed by atoms with Crippen LogP contribution in [0.3, 0.4) is 0 Å². The van der Waals surface area contributed by atoms with E-state index >= 15 is 0 Å². The number of hydrogen-bond acceptors (Lipinski definition) is 1. The maximum Gasteiger partial charge on any atom is -0.00623 e. The molecule has 0 atom stereocenters. The van der Waals surface area contributed by atoms with Gasteiger partial charge in [-0.3, -0.25) is 0 Å². The second-order valence-electron chi connectivity index (χ2n) is 9.05. The summed E-state index contributed by atoms with van der Waals surface area (Å²) in [4.78, 5) is 0. The van der Waals surface area contributed by atoms with E-state index in [0.29, 0.717) is 0 Å². The molecule has 2 aliphatic carbocycles. The van der Waals surface area contributed by atoms with Crippen LogP contribution in [0.2, 0.25) is 0 Å². The molecule has 0 bridgehead atoms. The minimum atomic E-state index is -1.63. The molecule has 2 aromatic rings. The molecule has 0 amide bonds. The predicted octanol–water partition coefficient (Wildman–Crippen LogP) is 8.02. The Morgan fingerprint density at radius 3 is 1.86 bits per heavy atom. The molecule has 0 heterocycles. The third kappa shape index (κ3) is 4.62. The van der Waals surface area contributed by atoms with Crippen molar-refractivity contribution in [3.8, 4) is 0 Å². The van der Waals surface area contributed by atoms with Crippen molar-refractivity contribution in [3.05, 3.63) is 65.7 Å². The van der Waals surface area contributed by atoms with E-state index in [1.54, 1.807) is 5.30 Å². The Hall–Kier alpha value is -1.17. The summed E-state index contributed by atoms with van der Waals surface area (Å²) in [5, 5.41) is 1.55. The van der Waals surface area contributed by atoms with E-state index in [-0.39, 0.29) is 0 Å². The molecule has 0 nitrogen and oxygen atoms in total. The van der Waals surface area contributed by atoms with Crippen LogP contribution in [0.15, 0.2) is 54.6 Å². The van der Waals surface area contributed by atoms with Crippen molar-refractivity contribution in [1.82, 2.24) is 0 Å². The Bertz CT molecular complexity index is 848. The van der Waals surface area contributed by atoms with Gasteiger partial charge in [0.05, 0.1) is 0 Å². The van der Waals surface area contributed by atoms with Gasteiger partial charge in [0, 0.05) is 0 Å². The van der Waals surface area contributed by atoms with Gasteiger partial charge in [-0.2, -0.15) is 0 Å². The van der Waals surface area contributed by atoms with Crippen LogP contribution in [0.25, 0.3) is 11.6 Å². The van der Waals surface area contributed by atoms with Gasteiger partial charge in [-0.05, 0) is 72.0 Å². The number of allylic oxidation sites excluding steroid dienone is 1. The van der Waals surface area contributed by atoms with Crippen LogP contribution in [0.4, 0.5) is 0 Å². The molecule has 0 N–H and O–H groups in total. The van der Waals surface area contributed by atoms with Gasteiger partial charge in [0.15, 0.2) is 0 Å². The zero-order valence-electron chi connectivity index (χ0n) is 17.9. The summed E-state index contributed by atoms with van der Waals surface area (Å²) in [6.07, 6.45) is 16.2. The van der Waals surface area contributed by atoms with Crippen molar-refractivity contribution in [2.24, 2.45) is 0 Å². The first-order chi connectivity index (χ1) is 14.2. The van der Waals surface area contributed by atoms with Crippen LogP contribution in [0.1, 0.15) is 82.3 Å². The van der Waals surface area contributed by atoms with E-state index in [0.717, 1.165) is 11.3 Å². The van der Waals surface area contributed by atoms with Gasteiger partial charge in [0.25, 0.3) is 0 Å². The van der Waals surface area contributed by atoms with E-state index in [1.807, 2.05) is 0 Å². The summed E-state index contributed by atoms with van der Waals surface area (Å²) in [5.74, 6) is 0. The lowest BCUT2D eigenvalue weighted by Gasteiger charge is -2.42. The lowest BCUT2D eigenvalue weighted by molar-refractivity contribution is 0.486. The third-order valence-corrected chi connectivity index (χ3v) is 13.8. The zero-order chi connectivity index (χ0) is 20.1. The largest absolute Gasteiger partial charge is 0.0920 e. The Labute approximate surface area is 182 Å². The van der Waals surface area contributed by atoms with Crippen molar-refractivity contribution in [3.63, 3.8) is 0 Å². The van der Waals surface area contributed by atoms with Crippen molar-refractivity contribution in [1.29, 1.82) is 0 Å². The van der Waals surface area contributed by atoms with E-state index in [4.69, 9.17) is 11.8 Å². The molecule has 2 fully saturated rings. The van der Waals surface area contributed by atoms with E-state index in [9.17, 15) is 0 Å². The van der Waals surface area contributed by atoms with Crippen molar-refractivity contribution < 1.29 is 0 Å². The van der Waals surface area contributed by atoms with Crippen molar-refractivity contribution >= 4 is 34.8 Å². The lowest BCUT2D eigenvalue weighted by atomic mass is 9.99. The molecule has 154 valence electrons. The molecule has 0 saturated heterocycles. The van der Waals surface area contributed by atoms with Crippen LogP contribution >= 0.6 is 6.04 Å². The maximum absolute atomic E-state index is 6.86. The summed E-state index contributed by atoms with van der Waals surface area (Å²) in [7, 11) is 0. The highest BCUT2D eigenvalue weighted by molar-refractivity contribution is 8.19. The summed E-state index contributed by atoms with van der Waals surface area (Å²) in [6.45, 7) is 2.28. The highest BCUT2D eigenvalue weighted by Gasteiger charge is 2.39. The zero-order valence-corrected chi connectivity index (χ0v) is 19.6. The first-order valence-electron chi connectivity index (χ1n) is 11.6.